The van der Waals surface area contributed by atoms with Crippen LogP contribution in [0.1, 0.15) is 129 Å². The van der Waals surface area contributed by atoms with Crippen molar-refractivity contribution in [3.8, 4) is 22.5 Å². The van der Waals surface area contributed by atoms with Gasteiger partial charge in [0.2, 0.25) is 11.8 Å². The highest BCUT2D eigenvalue weighted by Gasteiger charge is 2.37. The molecule has 65 heavy (non-hydrogen) atoms. The Kier molecular flexibility index (Phi) is 18.3. The van der Waals surface area contributed by atoms with Gasteiger partial charge in [-0.1, -0.05) is 74.3 Å². The number of hydrogen-bond donors (Lipinski definition) is 2. The van der Waals surface area contributed by atoms with Crippen molar-refractivity contribution < 1.29 is 28.7 Å². The number of benzene rings is 1. The zero-order chi connectivity index (χ0) is 47.6. The molecule has 0 saturated carbocycles. The van der Waals surface area contributed by atoms with Gasteiger partial charge in [-0.2, -0.15) is 0 Å². The number of thiazole rings is 1. The molecule has 1 aromatic carbocycles. The Bertz CT molecular complexity index is 2240. The van der Waals surface area contributed by atoms with E-state index in [1.807, 2.05) is 39.3 Å². The summed E-state index contributed by atoms with van der Waals surface area (Å²) in [5.74, 6) is -0.830. The average molecular weight is 914 g/mol. The summed E-state index contributed by atoms with van der Waals surface area (Å²) in [4.78, 5) is 65.6. The van der Waals surface area contributed by atoms with Crippen LogP contribution in [-0.4, -0.2) is 94.6 Å². The Morgan fingerprint density at radius 2 is 1.82 bits per heavy atom. The van der Waals surface area contributed by atoms with Crippen molar-refractivity contribution in [1.82, 2.24) is 35.2 Å². The summed E-state index contributed by atoms with van der Waals surface area (Å²) in [7, 11) is 3.42. The van der Waals surface area contributed by atoms with Crippen molar-refractivity contribution in [3.63, 3.8) is 0 Å². The van der Waals surface area contributed by atoms with E-state index in [9.17, 15) is 19.2 Å². The number of nitrogens with one attached hydrogen (secondary N) is 2. The van der Waals surface area contributed by atoms with E-state index in [4.69, 9.17) is 19.4 Å². The molecule has 4 heterocycles. The van der Waals surface area contributed by atoms with E-state index in [0.717, 1.165) is 82.3 Å². The largest absolute Gasteiger partial charge is 0.467 e. The third-order valence-electron chi connectivity index (χ3n) is 13.2. The van der Waals surface area contributed by atoms with Gasteiger partial charge >= 0.3 is 0 Å². The maximum atomic E-state index is 14.3. The molecule has 3 amide bonds. The van der Waals surface area contributed by atoms with Gasteiger partial charge in [0.15, 0.2) is 0 Å². The SMILES string of the molecule is CCCc1cnc(C(C)OC)c(-c2c(CC(C)(C)COC=O)c3cc(-c4csc(CC(NC(=O)C(C(C)C)N(C)C(=O)C(CC)C(C)CC)C(=O)N5CCCCN5)n4)ccc3n2CC)c1. The number of rotatable bonds is 23. The van der Waals surface area contributed by atoms with Gasteiger partial charge < -0.3 is 24.3 Å². The number of aromatic nitrogens is 3. The first-order valence-corrected chi connectivity index (χ1v) is 24.7. The monoisotopic (exact) mass is 914 g/mol. The van der Waals surface area contributed by atoms with Gasteiger partial charge in [0.05, 0.1) is 34.8 Å². The summed E-state index contributed by atoms with van der Waals surface area (Å²) in [6.07, 6.45) is 7.78. The molecule has 1 aliphatic rings. The van der Waals surface area contributed by atoms with Gasteiger partial charge in [-0.15, -0.1) is 11.3 Å². The van der Waals surface area contributed by atoms with Gasteiger partial charge in [0.25, 0.3) is 12.4 Å². The number of likely N-dealkylation sites (N-methyl/N-ethyl adjacent to an activating group) is 1. The number of pyridine rings is 1. The average Bonchev–Trinajstić information content (AvgIpc) is 3.89. The molecule has 4 aromatic rings. The summed E-state index contributed by atoms with van der Waals surface area (Å²) in [5, 5.41) is 8.52. The van der Waals surface area contributed by atoms with Crippen molar-refractivity contribution in [2.45, 2.75) is 145 Å². The number of nitrogens with zero attached hydrogens (tertiary/aromatic N) is 5. The van der Waals surface area contributed by atoms with E-state index in [2.05, 4.69) is 81.1 Å². The van der Waals surface area contributed by atoms with Crippen LogP contribution in [-0.2, 0) is 54.5 Å². The van der Waals surface area contributed by atoms with Gasteiger partial charge in [-0.25, -0.2) is 10.4 Å². The highest BCUT2D eigenvalue weighted by Crippen LogP contribution is 2.42. The Balaban J connectivity index is 1.57. The third kappa shape index (κ3) is 12.0. The summed E-state index contributed by atoms with van der Waals surface area (Å²) in [6.45, 7) is 23.3. The fourth-order valence-electron chi connectivity index (χ4n) is 9.42. The molecule has 5 rings (SSSR count). The standard InChI is InChI=1S/C51H75N7O6S/c1-13-19-35-24-39(45(52-28-35)34(8)63-12)47-40(27-51(9,10)30-64-31-59)38-25-36(20-21-43(38)57(47)16-4)42-29-65-44(54-42)26-41(50(62)58-23-18-17-22-53-58)55-48(60)46(32(5)6)56(11)49(61)37(15-3)33(7)14-2/h20-21,24-25,28-29,31-34,37,41,46,53H,13-19,22-23,26-27,30H2,1-12H3,(H,55,60). The second-order valence-corrected chi connectivity index (χ2v) is 19.9. The summed E-state index contributed by atoms with van der Waals surface area (Å²) in [6, 6.07) is 7.05. The Morgan fingerprint density at radius 3 is 2.43 bits per heavy atom. The lowest BCUT2D eigenvalue weighted by Crippen LogP contribution is -2.59. The molecule has 356 valence electrons. The number of carbonyl (C=O) groups is 4. The van der Waals surface area contributed by atoms with Crippen LogP contribution < -0.4 is 10.7 Å². The first kappa shape index (κ1) is 51.3. The summed E-state index contributed by atoms with van der Waals surface area (Å²) in [5.41, 5.74) is 10.8. The van der Waals surface area contributed by atoms with Crippen molar-refractivity contribution in [2.75, 3.05) is 33.9 Å². The topological polar surface area (TPSA) is 148 Å². The molecule has 3 aromatic heterocycles. The van der Waals surface area contributed by atoms with Crippen molar-refractivity contribution >= 4 is 46.4 Å². The zero-order valence-electron chi connectivity index (χ0n) is 41.1. The zero-order valence-corrected chi connectivity index (χ0v) is 41.9. The molecule has 1 aliphatic heterocycles. The fourth-order valence-corrected chi connectivity index (χ4v) is 10.3. The molecule has 2 N–H and O–H groups in total. The van der Waals surface area contributed by atoms with Crippen LogP contribution in [0.2, 0.25) is 0 Å². The molecule has 1 fully saturated rings. The molecular formula is C51H75N7O6S. The minimum Gasteiger partial charge on any atom is -0.467 e. The van der Waals surface area contributed by atoms with Gasteiger partial charge in [0, 0.05) is 85.2 Å². The number of amides is 3. The quantitative estimate of drug-likeness (QED) is 0.0696. The number of aryl methyl sites for hydroxylation is 2. The number of methoxy groups -OCH3 is 1. The number of hydrazine groups is 1. The van der Waals surface area contributed by atoms with E-state index >= 15 is 0 Å². The van der Waals surface area contributed by atoms with E-state index in [-0.39, 0.29) is 54.6 Å². The number of fused-ring (bicyclic) bond motifs is 1. The predicted molar refractivity (Wildman–Crippen MR) is 260 cm³/mol. The lowest BCUT2D eigenvalue weighted by Gasteiger charge is -2.36. The van der Waals surface area contributed by atoms with E-state index in [1.165, 1.54) is 11.3 Å². The first-order valence-electron chi connectivity index (χ1n) is 23.8. The van der Waals surface area contributed by atoms with E-state index < -0.39 is 17.5 Å². The van der Waals surface area contributed by atoms with Gasteiger partial charge in [-0.3, -0.25) is 29.2 Å². The molecule has 5 unspecified atom stereocenters. The van der Waals surface area contributed by atoms with Crippen LogP contribution in [0.5, 0.6) is 0 Å². The van der Waals surface area contributed by atoms with Gasteiger partial charge in [0.1, 0.15) is 12.1 Å². The Hall–Kier alpha value is -4.66. The highest BCUT2D eigenvalue weighted by molar-refractivity contribution is 7.10. The third-order valence-corrected chi connectivity index (χ3v) is 14.0. The summed E-state index contributed by atoms with van der Waals surface area (Å²) < 4.78 is 13.6. The van der Waals surface area contributed by atoms with Crippen molar-refractivity contribution in [2.24, 2.45) is 23.2 Å². The second kappa shape index (κ2) is 23.2. The van der Waals surface area contributed by atoms with Crippen molar-refractivity contribution in [3.05, 3.63) is 57.7 Å². The molecule has 13 nitrogen and oxygen atoms in total. The minimum absolute atomic E-state index is 0.0492. The first-order chi connectivity index (χ1) is 31.0. The molecule has 5 atom stereocenters. The summed E-state index contributed by atoms with van der Waals surface area (Å²) >= 11 is 1.46. The Labute approximate surface area is 391 Å². The smallest absolute Gasteiger partial charge is 0.293 e. The van der Waals surface area contributed by atoms with E-state index in [1.54, 1.807) is 24.1 Å². The molecule has 0 aliphatic carbocycles. The van der Waals surface area contributed by atoms with Crippen LogP contribution in [0, 0.1) is 23.2 Å². The Morgan fingerprint density at radius 1 is 1.06 bits per heavy atom. The fraction of sp³-hybridized carbons (Fsp3) is 0.608. The predicted octanol–water partition coefficient (Wildman–Crippen LogP) is 8.96. The molecule has 0 spiro atoms. The minimum atomic E-state index is -0.903. The molecule has 1 saturated heterocycles. The van der Waals surface area contributed by atoms with Crippen LogP contribution >= 0.6 is 11.3 Å². The molecule has 0 radical (unpaired) electrons. The normalized spacial score (nSPS) is 15.7. The second-order valence-electron chi connectivity index (χ2n) is 19.0. The van der Waals surface area contributed by atoms with E-state index in [0.29, 0.717) is 44.0 Å². The highest BCUT2D eigenvalue weighted by atomic mass is 32.1. The molecular weight excluding hydrogens is 839 g/mol. The van der Waals surface area contributed by atoms with Crippen LogP contribution in [0.4, 0.5) is 0 Å². The molecule has 0 bridgehead atoms. The van der Waals surface area contributed by atoms with Crippen molar-refractivity contribution in [1.29, 1.82) is 0 Å². The number of hydrogen-bond acceptors (Lipinski definition) is 10. The van der Waals surface area contributed by atoms with Crippen LogP contribution in [0.3, 0.4) is 0 Å². The molecule has 14 heteroatoms. The lowest BCUT2D eigenvalue weighted by molar-refractivity contribution is -0.146. The maximum Gasteiger partial charge on any atom is 0.293 e. The maximum absolute atomic E-state index is 14.3. The lowest BCUT2D eigenvalue weighted by atomic mass is 9.84. The number of ether oxygens (including phenoxy) is 2. The number of carbonyl (C=O) groups excluding carboxylic acids is 4. The van der Waals surface area contributed by atoms with Crippen LogP contribution in [0.15, 0.2) is 35.8 Å². The van der Waals surface area contributed by atoms with Crippen LogP contribution in [0.25, 0.3) is 33.4 Å². The van der Waals surface area contributed by atoms with Gasteiger partial charge in [-0.05, 0) is 87.1 Å².